The predicted molar refractivity (Wildman–Crippen MR) is 75.5 cm³/mol. The fourth-order valence-electron chi connectivity index (χ4n) is 1.76. The van der Waals surface area contributed by atoms with Crippen molar-refractivity contribution in [3.8, 4) is 0 Å². The molecule has 0 aliphatic carbocycles. The number of rotatable bonds is 5. The van der Waals surface area contributed by atoms with Crippen LogP contribution in [0, 0.1) is 0 Å². The zero-order valence-electron chi connectivity index (χ0n) is 10.9. The molecular formula is C13H17F3N2S. The summed E-state index contributed by atoms with van der Waals surface area (Å²) in [6.07, 6.45) is -2.43. The predicted octanol–water partition coefficient (Wildman–Crippen LogP) is 3.58. The van der Waals surface area contributed by atoms with Gasteiger partial charge in [0.2, 0.25) is 0 Å². The summed E-state index contributed by atoms with van der Waals surface area (Å²) in [6.45, 7) is 2.80. The second-order valence-corrected chi connectivity index (χ2v) is 4.81. The molecule has 0 spiro atoms. The lowest BCUT2D eigenvalue weighted by Crippen LogP contribution is -2.23. The van der Waals surface area contributed by atoms with Crippen molar-refractivity contribution in [2.75, 3.05) is 18.5 Å². The second-order valence-electron chi connectivity index (χ2n) is 4.37. The van der Waals surface area contributed by atoms with Crippen LogP contribution < -0.4 is 10.6 Å². The van der Waals surface area contributed by atoms with Crippen LogP contribution in [0.2, 0.25) is 0 Å². The highest BCUT2D eigenvalue weighted by Crippen LogP contribution is 2.32. The SMILES string of the molecule is CCCCN(C)c1ccc(C(F)(F)F)cc1C(N)=S. The number of alkyl halides is 3. The molecule has 0 unspecified atom stereocenters. The fraction of sp³-hybridized carbons (Fsp3) is 0.462. The van der Waals surface area contributed by atoms with E-state index in [9.17, 15) is 13.2 Å². The van der Waals surface area contributed by atoms with Crippen molar-refractivity contribution >= 4 is 22.9 Å². The number of nitrogens with two attached hydrogens (primary N) is 1. The molecule has 2 N–H and O–H groups in total. The van der Waals surface area contributed by atoms with Gasteiger partial charge in [-0.2, -0.15) is 13.2 Å². The molecule has 1 aromatic rings. The summed E-state index contributed by atoms with van der Waals surface area (Å²) in [5.74, 6) is 0. The molecule has 0 heterocycles. The monoisotopic (exact) mass is 290 g/mol. The van der Waals surface area contributed by atoms with Gasteiger partial charge in [0.05, 0.1) is 5.56 Å². The minimum Gasteiger partial charge on any atom is -0.389 e. The summed E-state index contributed by atoms with van der Waals surface area (Å²) < 4.78 is 38.0. The van der Waals surface area contributed by atoms with Gasteiger partial charge in [0.1, 0.15) is 4.99 Å². The number of unbranched alkanes of at least 4 members (excludes halogenated alkanes) is 1. The van der Waals surface area contributed by atoms with Crippen molar-refractivity contribution in [3.63, 3.8) is 0 Å². The van der Waals surface area contributed by atoms with E-state index in [1.54, 1.807) is 0 Å². The first-order chi connectivity index (χ1) is 8.77. The molecule has 6 heteroatoms. The normalized spacial score (nSPS) is 11.4. The summed E-state index contributed by atoms with van der Waals surface area (Å²) >= 11 is 4.85. The molecule has 1 aromatic carbocycles. The van der Waals surface area contributed by atoms with Crippen LogP contribution in [0.5, 0.6) is 0 Å². The van der Waals surface area contributed by atoms with Crippen LogP contribution >= 0.6 is 12.2 Å². The molecule has 0 atom stereocenters. The molecule has 0 saturated heterocycles. The topological polar surface area (TPSA) is 29.3 Å². The van der Waals surface area contributed by atoms with E-state index in [0.29, 0.717) is 5.69 Å². The maximum Gasteiger partial charge on any atom is 0.416 e. The highest BCUT2D eigenvalue weighted by atomic mass is 32.1. The van der Waals surface area contributed by atoms with Gasteiger partial charge in [0.25, 0.3) is 0 Å². The average Bonchev–Trinajstić information content (AvgIpc) is 2.34. The summed E-state index contributed by atoms with van der Waals surface area (Å²) in [4.78, 5) is 1.85. The first-order valence-corrected chi connectivity index (χ1v) is 6.40. The molecule has 0 aliphatic heterocycles. The van der Waals surface area contributed by atoms with Gasteiger partial charge >= 0.3 is 6.18 Å². The van der Waals surface area contributed by atoms with Crippen molar-refractivity contribution in [1.82, 2.24) is 0 Å². The lowest BCUT2D eigenvalue weighted by molar-refractivity contribution is -0.137. The largest absolute Gasteiger partial charge is 0.416 e. The Morgan fingerprint density at radius 3 is 2.47 bits per heavy atom. The number of anilines is 1. The van der Waals surface area contributed by atoms with Crippen LogP contribution in [0.3, 0.4) is 0 Å². The number of thiocarbonyl (C=S) groups is 1. The number of hydrogen-bond donors (Lipinski definition) is 1. The number of benzene rings is 1. The highest BCUT2D eigenvalue weighted by molar-refractivity contribution is 7.80. The Kier molecular flexibility index (Phi) is 5.17. The van der Waals surface area contributed by atoms with Crippen molar-refractivity contribution in [3.05, 3.63) is 29.3 Å². The Morgan fingerprint density at radius 2 is 2.00 bits per heavy atom. The fourth-order valence-corrected chi connectivity index (χ4v) is 1.92. The standard InChI is InChI=1S/C13H17F3N2S/c1-3-4-7-18(2)11-6-5-9(13(14,15)16)8-10(11)12(17)19/h5-6,8H,3-4,7H2,1-2H3,(H2,17,19). The number of nitrogens with zero attached hydrogens (tertiary/aromatic N) is 1. The maximum atomic E-state index is 12.7. The zero-order chi connectivity index (χ0) is 14.6. The van der Waals surface area contributed by atoms with Gasteiger partial charge < -0.3 is 10.6 Å². The van der Waals surface area contributed by atoms with Gasteiger partial charge in [-0.25, -0.2) is 0 Å². The molecule has 19 heavy (non-hydrogen) atoms. The van der Waals surface area contributed by atoms with Gasteiger partial charge in [0.15, 0.2) is 0 Å². The molecule has 106 valence electrons. The molecule has 0 radical (unpaired) electrons. The molecular weight excluding hydrogens is 273 g/mol. The number of halogens is 3. The van der Waals surface area contributed by atoms with Crippen molar-refractivity contribution < 1.29 is 13.2 Å². The van der Waals surface area contributed by atoms with E-state index in [4.69, 9.17) is 18.0 Å². The molecule has 1 rings (SSSR count). The van der Waals surface area contributed by atoms with Crippen LogP contribution in [0.15, 0.2) is 18.2 Å². The van der Waals surface area contributed by atoms with Crippen LogP contribution in [0.1, 0.15) is 30.9 Å². The van der Waals surface area contributed by atoms with Crippen molar-refractivity contribution in [2.24, 2.45) is 5.73 Å². The van der Waals surface area contributed by atoms with Crippen molar-refractivity contribution in [1.29, 1.82) is 0 Å². The summed E-state index contributed by atoms with van der Waals surface area (Å²) in [5.41, 5.74) is 5.70. The van der Waals surface area contributed by atoms with E-state index in [2.05, 4.69) is 6.92 Å². The van der Waals surface area contributed by atoms with Gasteiger partial charge in [-0.05, 0) is 24.6 Å². The minimum atomic E-state index is -4.39. The molecule has 0 aromatic heterocycles. The maximum absolute atomic E-state index is 12.7. The van der Waals surface area contributed by atoms with E-state index < -0.39 is 11.7 Å². The van der Waals surface area contributed by atoms with E-state index >= 15 is 0 Å². The molecule has 2 nitrogen and oxygen atoms in total. The van der Waals surface area contributed by atoms with Gasteiger partial charge in [-0.1, -0.05) is 25.6 Å². The third-order valence-electron chi connectivity index (χ3n) is 2.85. The van der Waals surface area contributed by atoms with Crippen molar-refractivity contribution in [2.45, 2.75) is 25.9 Å². The first kappa shape index (κ1) is 15.8. The number of hydrogen-bond acceptors (Lipinski definition) is 2. The Balaban J connectivity index is 3.15. The third kappa shape index (κ3) is 4.09. The Hall–Kier alpha value is -1.30. The minimum absolute atomic E-state index is 0.0237. The first-order valence-electron chi connectivity index (χ1n) is 5.99. The van der Waals surface area contributed by atoms with Crippen LogP contribution in [0.4, 0.5) is 18.9 Å². The molecule has 0 bridgehead atoms. The quantitative estimate of drug-likeness (QED) is 0.841. The van der Waals surface area contributed by atoms with E-state index in [1.807, 2.05) is 11.9 Å². The van der Waals surface area contributed by atoms with E-state index in [1.165, 1.54) is 6.07 Å². The van der Waals surface area contributed by atoms with Crippen LogP contribution in [-0.4, -0.2) is 18.6 Å². The lowest BCUT2D eigenvalue weighted by atomic mass is 10.1. The Bertz CT molecular complexity index is 458. The van der Waals surface area contributed by atoms with Crippen LogP contribution in [0.25, 0.3) is 0 Å². The smallest absolute Gasteiger partial charge is 0.389 e. The molecule has 0 amide bonds. The summed E-state index contributed by atoms with van der Waals surface area (Å²) in [7, 11) is 1.82. The van der Waals surface area contributed by atoms with E-state index in [0.717, 1.165) is 31.5 Å². The Morgan fingerprint density at radius 1 is 1.37 bits per heavy atom. The average molecular weight is 290 g/mol. The molecule has 0 aliphatic rings. The third-order valence-corrected chi connectivity index (χ3v) is 3.07. The highest BCUT2D eigenvalue weighted by Gasteiger charge is 2.31. The van der Waals surface area contributed by atoms with Crippen LogP contribution in [-0.2, 0) is 6.18 Å². The van der Waals surface area contributed by atoms with E-state index in [-0.39, 0.29) is 10.6 Å². The summed E-state index contributed by atoms with van der Waals surface area (Å²) in [6, 6.07) is 3.49. The second kappa shape index (κ2) is 6.23. The van der Waals surface area contributed by atoms with Gasteiger partial charge in [-0.3, -0.25) is 0 Å². The molecule has 0 saturated carbocycles. The van der Waals surface area contributed by atoms with Gasteiger partial charge in [-0.15, -0.1) is 0 Å². The molecule has 0 fully saturated rings. The zero-order valence-corrected chi connectivity index (χ0v) is 11.7. The summed E-state index contributed by atoms with van der Waals surface area (Å²) in [5, 5.41) is 0. The lowest BCUT2D eigenvalue weighted by Gasteiger charge is -2.23. The Labute approximate surface area is 116 Å². The van der Waals surface area contributed by atoms with Gasteiger partial charge in [0, 0.05) is 24.8 Å².